The van der Waals surface area contributed by atoms with E-state index < -0.39 is 0 Å². The van der Waals surface area contributed by atoms with Crippen molar-refractivity contribution in [3.63, 3.8) is 0 Å². The van der Waals surface area contributed by atoms with Gasteiger partial charge in [0.15, 0.2) is 0 Å². The minimum Gasteiger partial charge on any atom is -0.242 e. The molecule has 0 N–H and O–H groups in total. The summed E-state index contributed by atoms with van der Waals surface area (Å²) in [5.74, 6) is 0. The van der Waals surface area contributed by atoms with Crippen molar-refractivity contribution in [1.29, 1.82) is 0 Å². The molecule has 0 aliphatic carbocycles. The first-order valence-electron chi connectivity index (χ1n) is 5.34. The largest absolute Gasteiger partial charge is 0.242 e. The molecule has 0 saturated carbocycles. The van der Waals surface area contributed by atoms with Gasteiger partial charge in [0.05, 0.1) is 0 Å². The SMILES string of the molecule is CN(Cc1cccs1)N1CCCCC1. The summed E-state index contributed by atoms with van der Waals surface area (Å²) in [5, 5.41) is 6.99. The van der Waals surface area contributed by atoms with Gasteiger partial charge in [0, 0.05) is 31.6 Å². The summed E-state index contributed by atoms with van der Waals surface area (Å²) in [4.78, 5) is 1.46. The second kappa shape index (κ2) is 4.91. The zero-order valence-electron chi connectivity index (χ0n) is 8.78. The van der Waals surface area contributed by atoms with Crippen LogP contribution in [0.4, 0.5) is 0 Å². The fraction of sp³-hybridized carbons (Fsp3) is 0.636. The van der Waals surface area contributed by atoms with Crippen LogP contribution >= 0.6 is 11.3 Å². The summed E-state index contributed by atoms with van der Waals surface area (Å²) in [6.07, 6.45) is 4.12. The van der Waals surface area contributed by atoms with Gasteiger partial charge >= 0.3 is 0 Å². The molecule has 2 nitrogen and oxygen atoms in total. The van der Waals surface area contributed by atoms with Crippen LogP contribution in [0.2, 0.25) is 0 Å². The van der Waals surface area contributed by atoms with E-state index in [1.54, 1.807) is 0 Å². The summed E-state index contributed by atoms with van der Waals surface area (Å²) in [6, 6.07) is 4.34. The second-order valence-electron chi connectivity index (χ2n) is 3.91. The minimum atomic E-state index is 1.07. The highest BCUT2D eigenvalue weighted by atomic mass is 32.1. The van der Waals surface area contributed by atoms with Gasteiger partial charge in [-0.05, 0) is 24.3 Å². The first kappa shape index (κ1) is 10.1. The number of hydrogen-bond acceptors (Lipinski definition) is 3. The normalized spacial score (nSPS) is 19.0. The third kappa shape index (κ3) is 2.56. The number of hydrogen-bond donors (Lipinski definition) is 0. The lowest BCUT2D eigenvalue weighted by Gasteiger charge is -2.34. The Morgan fingerprint density at radius 2 is 2.14 bits per heavy atom. The van der Waals surface area contributed by atoms with Crippen LogP contribution in [0, 0.1) is 0 Å². The molecule has 0 radical (unpaired) electrons. The lowest BCUT2D eigenvalue weighted by atomic mass is 10.2. The van der Waals surface area contributed by atoms with Gasteiger partial charge in [-0.2, -0.15) is 0 Å². The standard InChI is InChI=1S/C11H18N2S/c1-12(10-11-6-5-9-14-11)13-7-3-2-4-8-13/h5-6,9H,2-4,7-8,10H2,1H3. The molecule has 0 spiro atoms. The molecule has 1 fully saturated rings. The van der Waals surface area contributed by atoms with Crippen LogP contribution in [0.1, 0.15) is 24.1 Å². The first-order chi connectivity index (χ1) is 6.86. The maximum Gasteiger partial charge on any atom is 0.0475 e. The van der Waals surface area contributed by atoms with E-state index in [1.165, 1.54) is 37.2 Å². The van der Waals surface area contributed by atoms with Crippen LogP contribution < -0.4 is 0 Å². The van der Waals surface area contributed by atoms with E-state index in [1.807, 2.05) is 11.3 Å². The van der Waals surface area contributed by atoms with Gasteiger partial charge in [0.25, 0.3) is 0 Å². The third-order valence-electron chi connectivity index (χ3n) is 2.78. The van der Waals surface area contributed by atoms with E-state index in [2.05, 4.69) is 34.6 Å². The minimum absolute atomic E-state index is 1.07. The summed E-state index contributed by atoms with van der Waals surface area (Å²) in [7, 11) is 2.20. The fourth-order valence-corrected chi connectivity index (χ4v) is 2.70. The van der Waals surface area contributed by atoms with Crippen molar-refractivity contribution < 1.29 is 0 Å². The van der Waals surface area contributed by atoms with Crippen molar-refractivity contribution in [3.05, 3.63) is 22.4 Å². The van der Waals surface area contributed by atoms with E-state index in [9.17, 15) is 0 Å². The van der Waals surface area contributed by atoms with Crippen molar-refractivity contribution in [2.45, 2.75) is 25.8 Å². The Morgan fingerprint density at radius 1 is 1.36 bits per heavy atom. The lowest BCUT2D eigenvalue weighted by molar-refractivity contribution is -0.0226. The second-order valence-corrected chi connectivity index (χ2v) is 4.94. The lowest BCUT2D eigenvalue weighted by Crippen LogP contribution is -2.42. The van der Waals surface area contributed by atoms with Crippen molar-refractivity contribution in [2.75, 3.05) is 20.1 Å². The Labute approximate surface area is 90.1 Å². The summed E-state index contributed by atoms with van der Waals surface area (Å²) >= 11 is 1.85. The van der Waals surface area contributed by atoms with Crippen LogP contribution in [-0.4, -0.2) is 30.2 Å². The molecule has 0 aromatic carbocycles. The van der Waals surface area contributed by atoms with E-state index >= 15 is 0 Å². The molecule has 0 atom stereocenters. The highest BCUT2D eigenvalue weighted by Crippen LogP contribution is 2.15. The number of piperidine rings is 1. The van der Waals surface area contributed by atoms with Gasteiger partial charge in [0.2, 0.25) is 0 Å². The van der Waals surface area contributed by atoms with Gasteiger partial charge in [0.1, 0.15) is 0 Å². The van der Waals surface area contributed by atoms with Crippen LogP contribution in [-0.2, 0) is 6.54 Å². The number of hydrazine groups is 1. The fourth-order valence-electron chi connectivity index (χ4n) is 1.95. The molecular formula is C11H18N2S. The molecule has 1 aromatic rings. The molecule has 1 aliphatic rings. The first-order valence-corrected chi connectivity index (χ1v) is 6.22. The van der Waals surface area contributed by atoms with Crippen molar-refractivity contribution in [2.24, 2.45) is 0 Å². The molecule has 1 aliphatic heterocycles. The zero-order valence-corrected chi connectivity index (χ0v) is 9.59. The molecule has 78 valence electrons. The molecule has 1 aromatic heterocycles. The molecule has 2 heterocycles. The van der Waals surface area contributed by atoms with Gasteiger partial charge in [-0.1, -0.05) is 12.5 Å². The Hall–Kier alpha value is -0.380. The Balaban J connectivity index is 1.85. The Morgan fingerprint density at radius 3 is 2.79 bits per heavy atom. The summed E-state index contributed by atoms with van der Waals surface area (Å²) < 4.78 is 0. The predicted octanol–water partition coefficient (Wildman–Crippen LogP) is 2.58. The van der Waals surface area contributed by atoms with Crippen LogP contribution in [0.15, 0.2) is 17.5 Å². The Bertz CT molecular complexity index is 252. The average Bonchev–Trinajstić information content (AvgIpc) is 2.72. The average molecular weight is 210 g/mol. The molecule has 2 rings (SSSR count). The van der Waals surface area contributed by atoms with Crippen LogP contribution in [0.3, 0.4) is 0 Å². The molecule has 0 amide bonds. The highest BCUT2D eigenvalue weighted by Gasteiger charge is 2.14. The number of nitrogens with zero attached hydrogens (tertiary/aromatic N) is 2. The van der Waals surface area contributed by atoms with Gasteiger partial charge < -0.3 is 0 Å². The third-order valence-corrected chi connectivity index (χ3v) is 3.64. The Kier molecular flexibility index (Phi) is 3.56. The molecule has 3 heteroatoms. The quantitative estimate of drug-likeness (QED) is 0.756. The van der Waals surface area contributed by atoms with E-state index in [-0.39, 0.29) is 0 Å². The summed E-state index contributed by atoms with van der Waals surface area (Å²) in [6.45, 7) is 3.54. The topological polar surface area (TPSA) is 6.48 Å². The molecule has 0 bridgehead atoms. The van der Waals surface area contributed by atoms with Gasteiger partial charge in [-0.15, -0.1) is 11.3 Å². The van der Waals surface area contributed by atoms with E-state index in [0.717, 1.165) is 6.54 Å². The highest BCUT2D eigenvalue weighted by molar-refractivity contribution is 7.09. The number of thiophene rings is 1. The van der Waals surface area contributed by atoms with Crippen molar-refractivity contribution in [3.8, 4) is 0 Å². The van der Waals surface area contributed by atoms with E-state index in [4.69, 9.17) is 0 Å². The van der Waals surface area contributed by atoms with E-state index in [0.29, 0.717) is 0 Å². The molecular weight excluding hydrogens is 192 g/mol. The van der Waals surface area contributed by atoms with Crippen molar-refractivity contribution in [1.82, 2.24) is 10.0 Å². The maximum atomic E-state index is 2.48. The monoisotopic (exact) mass is 210 g/mol. The molecule has 0 unspecified atom stereocenters. The number of rotatable bonds is 3. The molecule has 14 heavy (non-hydrogen) atoms. The van der Waals surface area contributed by atoms with Gasteiger partial charge in [-0.3, -0.25) is 0 Å². The van der Waals surface area contributed by atoms with Crippen LogP contribution in [0.25, 0.3) is 0 Å². The van der Waals surface area contributed by atoms with Crippen molar-refractivity contribution >= 4 is 11.3 Å². The van der Waals surface area contributed by atoms with Gasteiger partial charge in [-0.25, -0.2) is 10.0 Å². The zero-order chi connectivity index (χ0) is 9.80. The summed E-state index contributed by atoms with van der Waals surface area (Å²) in [5.41, 5.74) is 0. The van der Waals surface area contributed by atoms with Crippen LogP contribution in [0.5, 0.6) is 0 Å². The smallest absolute Gasteiger partial charge is 0.0475 e. The maximum absolute atomic E-state index is 2.48. The predicted molar refractivity (Wildman–Crippen MR) is 61.2 cm³/mol. The molecule has 1 saturated heterocycles.